The fourth-order valence-corrected chi connectivity index (χ4v) is 2.53. The van der Waals surface area contributed by atoms with Gasteiger partial charge in [-0.15, -0.1) is 0 Å². The molecule has 0 aliphatic carbocycles. The Hall–Kier alpha value is -2.87. The average Bonchev–Trinajstić information content (AvgIpc) is 2.62. The maximum absolute atomic E-state index is 12.1. The number of nitrogens with two attached hydrogens (primary N) is 1. The minimum atomic E-state index is -4.53. The first kappa shape index (κ1) is 20.4. The lowest BCUT2D eigenvalue weighted by atomic mass is 9.98. The maximum Gasteiger partial charge on any atom is 0.405 e. The first-order chi connectivity index (χ1) is 12.7. The van der Waals surface area contributed by atoms with Crippen LogP contribution >= 0.6 is 0 Å². The van der Waals surface area contributed by atoms with Crippen LogP contribution in [-0.2, 0) is 4.79 Å². The summed E-state index contributed by atoms with van der Waals surface area (Å²) < 4.78 is 36.2. The van der Waals surface area contributed by atoms with Gasteiger partial charge in [0.05, 0.1) is 0 Å². The largest absolute Gasteiger partial charge is 0.405 e. The van der Waals surface area contributed by atoms with Gasteiger partial charge in [-0.05, 0) is 6.92 Å². The van der Waals surface area contributed by atoms with Crippen LogP contribution in [0.3, 0.4) is 0 Å². The number of hydrogen-bond donors (Lipinski definition) is 3. The van der Waals surface area contributed by atoms with E-state index in [-0.39, 0.29) is 12.6 Å². The Kier molecular flexibility index (Phi) is 6.95. The van der Waals surface area contributed by atoms with Gasteiger partial charge in [0.2, 0.25) is 0 Å². The van der Waals surface area contributed by atoms with Crippen molar-refractivity contribution in [3.8, 4) is 0 Å². The van der Waals surface area contributed by atoms with Crippen LogP contribution in [0.15, 0.2) is 54.6 Å². The molecule has 27 heavy (non-hydrogen) atoms. The highest BCUT2D eigenvalue weighted by molar-refractivity contribution is 5.94. The van der Waals surface area contributed by atoms with Gasteiger partial charge in [-0.25, -0.2) is 4.79 Å². The topological polar surface area (TPSA) is 74.8 Å². The Bertz CT molecular complexity index is 762. The van der Waals surface area contributed by atoms with Crippen LogP contribution in [0.1, 0.15) is 22.7 Å². The van der Waals surface area contributed by atoms with Crippen LogP contribution in [0.4, 0.5) is 18.0 Å². The molecular formula is C19H21F3N3O2+. The monoisotopic (exact) mass is 380 g/mol. The van der Waals surface area contributed by atoms with Crippen LogP contribution in [0.25, 0.3) is 0 Å². The van der Waals surface area contributed by atoms with Crippen molar-refractivity contribution in [1.82, 2.24) is 10.6 Å². The SMILES string of the molecule is Cc1ccc([C@@H]([NH2+]CC(=O)NC(=O)NCC(F)(F)F)c2ccccc2)cc1. The summed E-state index contributed by atoms with van der Waals surface area (Å²) in [6.45, 7) is 0.358. The van der Waals surface area contributed by atoms with Crippen molar-refractivity contribution in [2.75, 3.05) is 13.1 Å². The van der Waals surface area contributed by atoms with E-state index in [1.807, 2.05) is 66.8 Å². The number of alkyl halides is 3. The predicted octanol–water partition coefficient (Wildman–Crippen LogP) is 2.04. The Morgan fingerprint density at radius 2 is 1.59 bits per heavy atom. The molecule has 0 saturated carbocycles. The van der Waals surface area contributed by atoms with Gasteiger partial charge in [0, 0.05) is 11.1 Å². The molecule has 144 valence electrons. The lowest BCUT2D eigenvalue weighted by molar-refractivity contribution is -0.676. The minimum absolute atomic E-state index is 0.118. The fourth-order valence-electron chi connectivity index (χ4n) is 2.53. The van der Waals surface area contributed by atoms with Gasteiger partial charge in [-0.3, -0.25) is 10.1 Å². The molecular weight excluding hydrogens is 359 g/mol. The van der Waals surface area contributed by atoms with Crippen molar-refractivity contribution >= 4 is 11.9 Å². The van der Waals surface area contributed by atoms with Crippen LogP contribution in [0, 0.1) is 6.92 Å². The number of aryl methyl sites for hydroxylation is 1. The zero-order valence-corrected chi connectivity index (χ0v) is 14.7. The van der Waals surface area contributed by atoms with E-state index in [2.05, 4.69) is 0 Å². The molecule has 2 rings (SSSR count). The van der Waals surface area contributed by atoms with Crippen molar-refractivity contribution in [3.05, 3.63) is 71.3 Å². The number of halogens is 3. The molecule has 0 heterocycles. The molecule has 2 aromatic rings. The van der Waals surface area contributed by atoms with Crippen molar-refractivity contribution in [2.24, 2.45) is 0 Å². The Labute approximate surface area is 155 Å². The number of quaternary nitrogens is 1. The number of carbonyl (C=O) groups is 2. The second-order valence-corrected chi connectivity index (χ2v) is 6.08. The molecule has 0 bridgehead atoms. The van der Waals surface area contributed by atoms with E-state index in [9.17, 15) is 22.8 Å². The lowest BCUT2D eigenvalue weighted by Crippen LogP contribution is -2.88. The lowest BCUT2D eigenvalue weighted by Gasteiger charge is -2.17. The van der Waals surface area contributed by atoms with E-state index in [4.69, 9.17) is 0 Å². The molecule has 0 spiro atoms. The summed E-state index contributed by atoms with van der Waals surface area (Å²) in [5, 5.41) is 5.23. The third-order valence-corrected chi connectivity index (χ3v) is 3.84. The van der Waals surface area contributed by atoms with Crippen molar-refractivity contribution in [1.29, 1.82) is 0 Å². The number of urea groups is 1. The maximum atomic E-state index is 12.1. The van der Waals surface area contributed by atoms with Crippen molar-refractivity contribution in [2.45, 2.75) is 19.1 Å². The summed E-state index contributed by atoms with van der Waals surface area (Å²) in [6, 6.07) is 16.0. The number of imide groups is 1. The van der Waals surface area contributed by atoms with E-state index >= 15 is 0 Å². The molecule has 0 saturated heterocycles. The Morgan fingerprint density at radius 1 is 1.00 bits per heavy atom. The summed E-state index contributed by atoms with van der Waals surface area (Å²) in [7, 11) is 0. The van der Waals surface area contributed by atoms with E-state index in [0.29, 0.717) is 0 Å². The highest BCUT2D eigenvalue weighted by Crippen LogP contribution is 2.18. The highest BCUT2D eigenvalue weighted by Gasteiger charge is 2.28. The molecule has 1 atom stereocenters. The fraction of sp³-hybridized carbons (Fsp3) is 0.263. The van der Waals surface area contributed by atoms with Gasteiger partial charge >= 0.3 is 12.2 Å². The zero-order chi connectivity index (χ0) is 19.9. The van der Waals surface area contributed by atoms with Crippen molar-refractivity contribution < 1.29 is 28.1 Å². The molecule has 5 nitrogen and oxygen atoms in total. The van der Waals surface area contributed by atoms with Crippen LogP contribution in [-0.4, -0.2) is 31.2 Å². The second-order valence-electron chi connectivity index (χ2n) is 6.08. The molecule has 0 aromatic heterocycles. The van der Waals surface area contributed by atoms with E-state index in [0.717, 1.165) is 16.7 Å². The smallest absolute Gasteiger partial charge is 0.329 e. The van der Waals surface area contributed by atoms with Gasteiger partial charge in [0.25, 0.3) is 5.91 Å². The normalized spacial score (nSPS) is 12.3. The van der Waals surface area contributed by atoms with Crippen LogP contribution in [0.5, 0.6) is 0 Å². The molecule has 0 aliphatic rings. The number of amides is 3. The number of rotatable bonds is 6. The third kappa shape index (κ3) is 7.10. The van der Waals surface area contributed by atoms with E-state index in [1.165, 1.54) is 0 Å². The standard InChI is InChI=1S/C19H20F3N3O2/c1-13-7-9-15(10-8-13)17(14-5-3-2-4-6-14)23-11-16(26)25-18(27)24-12-19(20,21)22/h2-10,17,23H,11-12H2,1H3,(H2,24,25,26,27)/p+1/t17-/m0/s1. The summed E-state index contributed by atoms with van der Waals surface area (Å²) in [5.41, 5.74) is 3.04. The summed E-state index contributed by atoms with van der Waals surface area (Å²) in [5.74, 6) is -0.678. The Morgan fingerprint density at radius 3 is 2.19 bits per heavy atom. The minimum Gasteiger partial charge on any atom is -0.329 e. The number of nitrogens with one attached hydrogen (secondary N) is 2. The van der Waals surface area contributed by atoms with E-state index in [1.54, 1.807) is 10.6 Å². The molecule has 8 heteroatoms. The third-order valence-electron chi connectivity index (χ3n) is 3.84. The molecule has 3 amide bonds. The first-order valence-corrected chi connectivity index (χ1v) is 8.34. The second kappa shape index (κ2) is 9.18. The molecule has 0 radical (unpaired) electrons. The molecule has 0 aliphatic heterocycles. The van der Waals surface area contributed by atoms with Gasteiger partial charge in [-0.2, -0.15) is 13.2 Å². The average molecular weight is 380 g/mol. The van der Waals surface area contributed by atoms with Crippen molar-refractivity contribution in [3.63, 3.8) is 0 Å². The molecule has 0 fully saturated rings. The van der Waals surface area contributed by atoms with Gasteiger partial charge in [0.1, 0.15) is 12.6 Å². The van der Waals surface area contributed by atoms with Crippen LogP contribution in [0.2, 0.25) is 0 Å². The van der Waals surface area contributed by atoms with Crippen LogP contribution < -0.4 is 16.0 Å². The zero-order valence-electron chi connectivity index (χ0n) is 14.7. The number of hydrogen-bond acceptors (Lipinski definition) is 2. The van der Waals surface area contributed by atoms with Gasteiger partial charge in [0.15, 0.2) is 6.54 Å². The first-order valence-electron chi connectivity index (χ1n) is 8.34. The van der Waals surface area contributed by atoms with Gasteiger partial charge in [-0.1, -0.05) is 60.2 Å². The number of benzene rings is 2. The summed E-state index contributed by atoms with van der Waals surface area (Å²) >= 11 is 0. The van der Waals surface area contributed by atoms with Gasteiger partial charge < -0.3 is 10.6 Å². The quantitative estimate of drug-likeness (QED) is 0.718. The summed E-state index contributed by atoms with van der Waals surface area (Å²) in [6.07, 6.45) is -4.53. The van der Waals surface area contributed by atoms with E-state index < -0.39 is 24.7 Å². The molecule has 4 N–H and O–H groups in total. The number of carbonyl (C=O) groups excluding carboxylic acids is 2. The summed E-state index contributed by atoms with van der Waals surface area (Å²) in [4.78, 5) is 23.3. The Balaban J connectivity index is 1.98. The molecule has 2 aromatic carbocycles. The predicted molar refractivity (Wildman–Crippen MR) is 93.9 cm³/mol. The highest BCUT2D eigenvalue weighted by atomic mass is 19.4. The molecule has 0 unspecified atom stereocenters.